The maximum Gasteiger partial charge on any atom is 0.416 e. The number of rotatable bonds is 4. The number of alkyl halides is 3. The van der Waals surface area contributed by atoms with Gasteiger partial charge < -0.3 is 4.74 Å². The summed E-state index contributed by atoms with van der Waals surface area (Å²) in [7, 11) is 0. The van der Waals surface area contributed by atoms with E-state index in [1.54, 1.807) is 13.0 Å². The first-order valence-electron chi connectivity index (χ1n) is 5.28. The molecular weight excluding hydrogens is 279 g/mol. The van der Waals surface area contributed by atoms with E-state index in [0.29, 0.717) is 4.90 Å². The van der Waals surface area contributed by atoms with Crippen LogP contribution in [0.2, 0.25) is 0 Å². The molecular formula is C12H10F3NO2S. The van der Waals surface area contributed by atoms with Crippen LogP contribution in [0.4, 0.5) is 13.2 Å². The first kappa shape index (κ1) is 15.4. The molecule has 0 atom stereocenters. The molecule has 0 amide bonds. The van der Waals surface area contributed by atoms with Gasteiger partial charge in [0.05, 0.1) is 23.5 Å². The normalized spacial score (nSPS) is 10.9. The number of nitriles is 1. The van der Waals surface area contributed by atoms with E-state index in [0.717, 1.165) is 23.9 Å². The highest BCUT2D eigenvalue weighted by Gasteiger charge is 2.31. The van der Waals surface area contributed by atoms with Gasteiger partial charge >= 0.3 is 12.1 Å². The minimum Gasteiger partial charge on any atom is -0.465 e. The number of hydrogen-bond donors (Lipinski definition) is 0. The Morgan fingerprint density at radius 1 is 1.47 bits per heavy atom. The molecule has 0 saturated heterocycles. The Kier molecular flexibility index (Phi) is 5.24. The van der Waals surface area contributed by atoms with Gasteiger partial charge in [-0.25, -0.2) is 0 Å². The number of carbonyl (C=O) groups is 1. The highest BCUT2D eigenvalue weighted by molar-refractivity contribution is 8.00. The molecule has 102 valence electrons. The van der Waals surface area contributed by atoms with Crippen LogP contribution in [0.3, 0.4) is 0 Å². The van der Waals surface area contributed by atoms with E-state index in [9.17, 15) is 18.0 Å². The molecule has 0 aliphatic carbocycles. The molecule has 0 N–H and O–H groups in total. The van der Waals surface area contributed by atoms with E-state index in [1.807, 2.05) is 0 Å². The average molecular weight is 289 g/mol. The fraction of sp³-hybridized carbons (Fsp3) is 0.333. The van der Waals surface area contributed by atoms with Crippen LogP contribution in [-0.4, -0.2) is 18.3 Å². The van der Waals surface area contributed by atoms with Crippen molar-refractivity contribution in [1.82, 2.24) is 0 Å². The molecule has 1 rings (SSSR count). The Balaban J connectivity index is 2.86. The number of esters is 1. The van der Waals surface area contributed by atoms with Crippen molar-refractivity contribution >= 4 is 17.7 Å². The first-order valence-corrected chi connectivity index (χ1v) is 6.26. The third-order valence-electron chi connectivity index (χ3n) is 2.08. The predicted octanol–water partition coefficient (Wildman–Crippen LogP) is 3.23. The Labute approximate surface area is 112 Å². The van der Waals surface area contributed by atoms with E-state index in [4.69, 9.17) is 10.00 Å². The molecule has 0 bridgehead atoms. The van der Waals surface area contributed by atoms with Gasteiger partial charge in [-0.15, -0.1) is 11.8 Å². The maximum absolute atomic E-state index is 12.5. The largest absolute Gasteiger partial charge is 0.465 e. The second kappa shape index (κ2) is 6.48. The average Bonchev–Trinajstić information content (AvgIpc) is 2.35. The summed E-state index contributed by atoms with van der Waals surface area (Å²) in [6.07, 6.45) is -4.49. The van der Waals surface area contributed by atoms with E-state index in [1.165, 1.54) is 6.07 Å². The molecule has 0 spiro atoms. The van der Waals surface area contributed by atoms with Crippen molar-refractivity contribution in [2.75, 3.05) is 12.4 Å². The molecule has 0 fully saturated rings. The van der Waals surface area contributed by atoms with Crippen LogP contribution in [0.1, 0.15) is 18.1 Å². The van der Waals surface area contributed by atoms with Gasteiger partial charge in [0.1, 0.15) is 6.07 Å². The summed E-state index contributed by atoms with van der Waals surface area (Å²) in [5, 5.41) is 8.83. The van der Waals surface area contributed by atoms with Gasteiger partial charge in [-0.1, -0.05) is 0 Å². The van der Waals surface area contributed by atoms with Crippen LogP contribution in [0.15, 0.2) is 23.1 Å². The van der Waals surface area contributed by atoms with E-state index in [-0.39, 0.29) is 17.9 Å². The molecule has 0 unspecified atom stereocenters. The van der Waals surface area contributed by atoms with Crippen LogP contribution >= 0.6 is 11.8 Å². The molecule has 0 radical (unpaired) electrons. The molecule has 3 nitrogen and oxygen atoms in total. The van der Waals surface area contributed by atoms with Gasteiger partial charge in [0, 0.05) is 4.90 Å². The SMILES string of the molecule is CCOC(=O)CSc1ccc(C(F)(F)F)cc1C#N. The second-order valence-electron chi connectivity index (χ2n) is 3.41. The van der Waals surface area contributed by atoms with Crippen molar-refractivity contribution < 1.29 is 22.7 Å². The Morgan fingerprint density at radius 2 is 2.16 bits per heavy atom. The third-order valence-corrected chi connectivity index (χ3v) is 3.13. The smallest absolute Gasteiger partial charge is 0.416 e. The Bertz CT molecular complexity index is 509. The molecule has 19 heavy (non-hydrogen) atoms. The Hall–Kier alpha value is -1.68. The van der Waals surface area contributed by atoms with Gasteiger partial charge in [-0.3, -0.25) is 4.79 Å². The van der Waals surface area contributed by atoms with Crippen LogP contribution in [0, 0.1) is 11.3 Å². The topological polar surface area (TPSA) is 50.1 Å². The lowest BCUT2D eigenvalue weighted by atomic mass is 10.1. The zero-order chi connectivity index (χ0) is 14.5. The number of ether oxygens (including phenoxy) is 1. The summed E-state index contributed by atoms with van der Waals surface area (Å²) in [6, 6.07) is 4.53. The molecule has 0 saturated carbocycles. The highest BCUT2D eigenvalue weighted by atomic mass is 32.2. The fourth-order valence-corrected chi connectivity index (χ4v) is 2.04. The summed E-state index contributed by atoms with van der Waals surface area (Å²) in [4.78, 5) is 11.5. The zero-order valence-corrected chi connectivity index (χ0v) is 10.8. The maximum atomic E-state index is 12.5. The summed E-state index contributed by atoms with van der Waals surface area (Å²) < 4.78 is 42.1. The quantitative estimate of drug-likeness (QED) is 0.630. The Morgan fingerprint density at radius 3 is 2.68 bits per heavy atom. The zero-order valence-electron chi connectivity index (χ0n) is 9.95. The van der Waals surface area contributed by atoms with Gasteiger partial charge in [0.25, 0.3) is 0 Å². The molecule has 1 aromatic carbocycles. The van der Waals surface area contributed by atoms with Crippen molar-refractivity contribution in [2.24, 2.45) is 0 Å². The number of nitrogens with zero attached hydrogens (tertiary/aromatic N) is 1. The van der Waals surface area contributed by atoms with E-state index < -0.39 is 17.7 Å². The molecule has 0 aliphatic heterocycles. The standard InChI is InChI=1S/C12H10F3NO2S/c1-2-18-11(17)7-19-10-4-3-9(12(13,14)15)5-8(10)6-16/h3-5H,2,7H2,1H3. The molecule has 1 aromatic rings. The molecule has 0 aromatic heterocycles. The number of benzene rings is 1. The number of hydrogen-bond acceptors (Lipinski definition) is 4. The molecule has 7 heteroatoms. The van der Waals surface area contributed by atoms with Gasteiger partial charge in [0.15, 0.2) is 0 Å². The van der Waals surface area contributed by atoms with Crippen LogP contribution in [-0.2, 0) is 15.7 Å². The van der Waals surface area contributed by atoms with Crippen molar-refractivity contribution in [2.45, 2.75) is 18.0 Å². The van der Waals surface area contributed by atoms with Crippen LogP contribution < -0.4 is 0 Å². The number of thioether (sulfide) groups is 1. The lowest BCUT2D eigenvalue weighted by Crippen LogP contribution is -2.07. The van der Waals surface area contributed by atoms with Gasteiger partial charge in [-0.2, -0.15) is 18.4 Å². The number of halogens is 3. The lowest BCUT2D eigenvalue weighted by molar-refractivity contribution is -0.140. The summed E-state index contributed by atoms with van der Waals surface area (Å²) in [6.45, 7) is 1.89. The van der Waals surface area contributed by atoms with Crippen LogP contribution in [0.5, 0.6) is 0 Å². The van der Waals surface area contributed by atoms with E-state index >= 15 is 0 Å². The van der Waals surface area contributed by atoms with Crippen molar-refractivity contribution in [3.8, 4) is 6.07 Å². The molecule has 0 heterocycles. The third kappa shape index (κ3) is 4.48. The summed E-state index contributed by atoms with van der Waals surface area (Å²) >= 11 is 0.975. The second-order valence-corrected chi connectivity index (χ2v) is 4.43. The summed E-state index contributed by atoms with van der Waals surface area (Å²) in [5.74, 6) is -0.523. The van der Waals surface area contributed by atoms with E-state index in [2.05, 4.69) is 0 Å². The highest BCUT2D eigenvalue weighted by Crippen LogP contribution is 2.32. The molecule has 0 aliphatic rings. The van der Waals surface area contributed by atoms with Crippen molar-refractivity contribution in [3.63, 3.8) is 0 Å². The van der Waals surface area contributed by atoms with Crippen molar-refractivity contribution in [3.05, 3.63) is 29.3 Å². The van der Waals surface area contributed by atoms with Crippen molar-refractivity contribution in [1.29, 1.82) is 5.26 Å². The fourth-order valence-electron chi connectivity index (χ4n) is 1.26. The minimum atomic E-state index is -4.49. The minimum absolute atomic E-state index is 0.0477. The van der Waals surface area contributed by atoms with Crippen LogP contribution in [0.25, 0.3) is 0 Å². The first-order chi connectivity index (χ1) is 8.88. The number of carbonyl (C=O) groups excluding carboxylic acids is 1. The lowest BCUT2D eigenvalue weighted by Gasteiger charge is -2.09. The summed E-state index contributed by atoms with van der Waals surface area (Å²) in [5.41, 5.74) is -0.992. The predicted molar refractivity (Wildman–Crippen MR) is 63.5 cm³/mol. The van der Waals surface area contributed by atoms with Gasteiger partial charge in [-0.05, 0) is 25.1 Å². The van der Waals surface area contributed by atoms with Gasteiger partial charge in [0.2, 0.25) is 0 Å². The monoisotopic (exact) mass is 289 g/mol.